The van der Waals surface area contributed by atoms with Crippen molar-refractivity contribution in [3.8, 4) is 11.8 Å². The summed E-state index contributed by atoms with van der Waals surface area (Å²) in [5.41, 5.74) is 5.15. The number of ether oxygens (including phenoxy) is 1. The van der Waals surface area contributed by atoms with E-state index in [0.717, 1.165) is 11.1 Å². The number of benzene rings is 3. The number of hydrogen-bond acceptors (Lipinski definition) is 5. The molecule has 2 amide bonds. The minimum absolute atomic E-state index is 0.120. The van der Waals surface area contributed by atoms with Gasteiger partial charge < -0.3 is 10.1 Å². The topological polar surface area (TPSA) is 104 Å². The van der Waals surface area contributed by atoms with Crippen LogP contribution in [0.4, 0.5) is 0 Å². The first kappa shape index (κ1) is 24.2. The predicted octanol–water partition coefficient (Wildman–Crippen LogP) is 4.04. The van der Waals surface area contributed by atoms with Gasteiger partial charge in [0.1, 0.15) is 18.4 Å². The molecule has 0 radical (unpaired) electrons. The van der Waals surface area contributed by atoms with Gasteiger partial charge in [0, 0.05) is 11.1 Å². The molecular formula is C27H26N4O3. The average molecular weight is 455 g/mol. The fourth-order valence-corrected chi connectivity index (χ4v) is 3.16. The first-order valence-corrected chi connectivity index (χ1v) is 10.9. The number of carbonyl (C=O) groups excluding carboxylic acids is 2. The van der Waals surface area contributed by atoms with Crippen molar-refractivity contribution >= 4 is 18.0 Å². The SMILES string of the molecule is CC(C)C(NC(=O)c1ccccc1)C(=O)NN=Cc1ccc(OCc2ccccc2C#N)cc1. The van der Waals surface area contributed by atoms with E-state index in [2.05, 4.69) is 21.9 Å². The molecule has 3 aromatic rings. The summed E-state index contributed by atoms with van der Waals surface area (Å²) in [6, 6.07) is 24.6. The average Bonchev–Trinajstić information content (AvgIpc) is 2.87. The van der Waals surface area contributed by atoms with Crippen molar-refractivity contribution in [3.63, 3.8) is 0 Å². The fraction of sp³-hybridized carbons (Fsp3) is 0.185. The Kier molecular flexibility index (Phi) is 8.53. The third kappa shape index (κ3) is 6.78. The van der Waals surface area contributed by atoms with Gasteiger partial charge in [0.05, 0.1) is 17.8 Å². The van der Waals surface area contributed by atoms with Crippen LogP contribution in [-0.4, -0.2) is 24.1 Å². The van der Waals surface area contributed by atoms with Crippen LogP contribution in [0.5, 0.6) is 5.75 Å². The van der Waals surface area contributed by atoms with Gasteiger partial charge in [-0.15, -0.1) is 0 Å². The molecule has 0 saturated carbocycles. The lowest BCUT2D eigenvalue weighted by Gasteiger charge is -2.20. The molecule has 7 heteroatoms. The van der Waals surface area contributed by atoms with Crippen LogP contribution in [0, 0.1) is 17.2 Å². The zero-order valence-corrected chi connectivity index (χ0v) is 19.1. The van der Waals surface area contributed by atoms with Crippen molar-refractivity contribution in [2.24, 2.45) is 11.0 Å². The van der Waals surface area contributed by atoms with Gasteiger partial charge >= 0.3 is 0 Å². The molecule has 0 aliphatic rings. The fourth-order valence-electron chi connectivity index (χ4n) is 3.16. The van der Waals surface area contributed by atoms with Gasteiger partial charge in [0.2, 0.25) is 0 Å². The summed E-state index contributed by atoms with van der Waals surface area (Å²) < 4.78 is 5.76. The summed E-state index contributed by atoms with van der Waals surface area (Å²) in [5.74, 6) is -0.180. The summed E-state index contributed by atoms with van der Waals surface area (Å²) in [6.45, 7) is 4.00. The zero-order valence-electron chi connectivity index (χ0n) is 19.1. The molecule has 2 N–H and O–H groups in total. The Morgan fingerprint density at radius 2 is 1.68 bits per heavy atom. The minimum Gasteiger partial charge on any atom is -0.489 e. The third-order valence-corrected chi connectivity index (χ3v) is 5.07. The van der Waals surface area contributed by atoms with Crippen LogP contribution in [0.3, 0.4) is 0 Å². The van der Waals surface area contributed by atoms with Crippen molar-refractivity contribution in [3.05, 3.63) is 101 Å². The van der Waals surface area contributed by atoms with Crippen LogP contribution >= 0.6 is 0 Å². The van der Waals surface area contributed by atoms with Crippen molar-refractivity contribution in [2.45, 2.75) is 26.5 Å². The number of nitrogens with zero attached hydrogens (tertiary/aromatic N) is 2. The number of carbonyl (C=O) groups is 2. The van der Waals surface area contributed by atoms with Crippen LogP contribution < -0.4 is 15.5 Å². The Bertz CT molecular complexity index is 1180. The van der Waals surface area contributed by atoms with Crippen molar-refractivity contribution < 1.29 is 14.3 Å². The van der Waals surface area contributed by atoms with Gasteiger partial charge in [-0.3, -0.25) is 9.59 Å². The van der Waals surface area contributed by atoms with E-state index >= 15 is 0 Å². The smallest absolute Gasteiger partial charge is 0.262 e. The lowest BCUT2D eigenvalue weighted by molar-refractivity contribution is -0.123. The van der Waals surface area contributed by atoms with E-state index in [1.165, 1.54) is 6.21 Å². The molecular weight excluding hydrogens is 428 g/mol. The van der Waals surface area contributed by atoms with Crippen molar-refractivity contribution in [2.75, 3.05) is 0 Å². The second-order valence-corrected chi connectivity index (χ2v) is 7.92. The number of nitriles is 1. The quantitative estimate of drug-likeness (QED) is 0.376. The second kappa shape index (κ2) is 12.0. The molecule has 0 saturated heterocycles. The minimum atomic E-state index is -0.725. The summed E-state index contributed by atoms with van der Waals surface area (Å²) in [5, 5.41) is 15.9. The number of hydrogen-bond donors (Lipinski definition) is 2. The maximum Gasteiger partial charge on any atom is 0.262 e. The molecule has 1 atom stereocenters. The highest BCUT2D eigenvalue weighted by molar-refractivity contribution is 5.97. The maximum atomic E-state index is 12.6. The molecule has 0 heterocycles. The van der Waals surface area contributed by atoms with E-state index in [0.29, 0.717) is 23.5 Å². The van der Waals surface area contributed by atoms with Crippen molar-refractivity contribution in [1.29, 1.82) is 5.26 Å². The van der Waals surface area contributed by atoms with E-state index in [1.54, 1.807) is 54.6 Å². The summed E-state index contributed by atoms with van der Waals surface area (Å²) in [4.78, 5) is 25.0. The molecule has 0 aromatic heterocycles. The molecule has 1 unspecified atom stereocenters. The first-order valence-electron chi connectivity index (χ1n) is 10.9. The van der Waals surface area contributed by atoms with Gasteiger partial charge in [0.25, 0.3) is 11.8 Å². The van der Waals surface area contributed by atoms with E-state index < -0.39 is 11.9 Å². The number of hydrazone groups is 1. The lowest BCUT2D eigenvalue weighted by atomic mass is 10.0. The molecule has 3 aromatic carbocycles. The number of rotatable bonds is 9. The number of amides is 2. The van der Waals surface area contributed by atoms with Crippen LogP contribution in [0.2, 0.25) is 0 Å². The Labute approximate surface area is 199 Å². The summed E-state index contributed by atoms with van der Waals surface area (Å²) in [6.07, 6.45) is 1.52. The molecule has 7 nitrogen and oxygen atoms in total. The molecule has 0 aliphatic heterocycles. The molecule has 0 aliphatic carbocycles. The van der Waals surface area contributed by atoms with Gasteiger partial charge in [-0.1, -0.05) is 50.2 Å². The molecule has 0 spiro atoms. The van der Waals surface area contributed by atoms with Crippen LogP contribution in [0.1, 0.15) is 40.9 Å². The van der Waals surface area contributed by atoms with Gasteiger partial charge in [-0.2, -0.15) is 10.4 Å². The highest BCUT2D eigenvalue weighted by Gasteiger charge is 2.24. The Balaban J connectivity index is 1.53. The Morgan fingerprint density at radius 1 is 1.00 bits per heavy atom. The maximum absolute atomic E-state index is 12.6. The number of nitrogens with one attached hydrogen (secondary N) is 2. The van der Waals surface area contributed by atoms with Crippen molar-refractivity contribution in [1.82, 2.24) is 10.7 Å². The normalized spacial score (nSPS) is 11.6. The molecule has 34 heavy (non-hydrogen) atoms. The van der Waals surface area contributed by atoms with Crippen LogP contribution in [0.15, 0.2) is 84.0 Å². The molecule has 0 fully saturated rings. The van der Waals surface area contributed by atoms with E-state index in [4.69, 9.17) is 10.00 Å². The molecule has 172 valence electrons. The summed E-state index contributed by atoms with van der Waals surface area (Å²) in [7, 11) is 0. The van der Waals surface area contributed by atoms with Crippen LogP contribution in [-0.2, 0) is 11.4 Å². The van der Waals surface area contributed by atoms with E-state index in [1.807, 2.05) is 38.1 Å². The van der Waals surface area contributed by atoms with Gasteiger partial charge in [-0.05, 0) is 53.9 Å². The van der Waals surface area contributed by atoms with E-state index in [-0.39, 0.29) is 11.8 Å². The second-order valence-electron chi connectivity index (χ2n) is 7.92. The largest absolute Gasteiger partial charge is 0.489 e. The standard InChI is InChI=1S/C27H26N4O3/c1-19(2)25(30-26(32)21-8-4-3-5-9-21)27(33)31-29-17-20-12-14-24(15-13-20)34-18-23-11-7-6-10-22(23)16-28/h3-15,17,19,25H,18H2,1-2H3,(H,30,32)(H,31,33). The zero-order chi connectivity index (χ0) is 24.3. The van der Waals surface area contributed by atoms with E-state index in [9.17, 15) is 9.59 Å². The van der Waals surface area contributed by atoms with Crippen LogP contribution in [0.25, 0.3) is 0 Å². The highest BCUT2D eigenvalue weighted by Crippen LogP contribution is 2.15. The third-order valence-electron chi connectivity index (χ3n) is 5.07. The Hall–Kier alpha value is -4.44. The molecule has 0 bridgehead atoms. The molecule has 3 rings (SSSR count). The van der Waals surface area contributed by atoms with Gasteiger partial charge in [-0.25, -0.2) is 5.43 Å². The predicted molar refractivity (Wildman–Crippen MR) is 130 cm³/mol. The summed E-state index contributed by atoms with van der Waals surface area (Å²) >= 11 is 0. The van der Waals surface area contributed by atoms with Gasteiger partial charge in [0.15, 0.2) is 0 Å². The first-order chi connectivity index (χ1) is 16.5. The monoisotopic (exact) mass is 454 g/mol. The highest BCUT2D eigenvalue weighted by atomic mass is 16.5. The Morgan fingerprint density at radius 3 is 2.35 bits per heavy atom. The lowest BCUT2D eigenvalue weighted by Crippen LogP contribution is -2.48.